The molecular weight excluding hydrogens is 330 g/mol. The van der Waals surface area contributed by atoms with Gasteiger partial charge in [-0.3, -0.25) is 0 Å². The summed E-state index contributed by atoms with van der Waals surface area (Å²) in [5.41, 5.74) is 0. The van der Waals surface area contributed by atoms with E-state index in [4.69, 9.17) is 4.74 Å². The minimum atomic E-state index is -3.37. The zero-order chi connectivity index (χ0) is 13.9. The number of ether oxygens (including phenoxy) is 1. The van der Waals surface area contributed by atoms with Crippen LogP contribution >= 0.6 is 15.9 Å². The molecule has 0 amide bonds. The smallest absolute Gasteiger partial charge is 0.243 e. The van der Waals surface area contributed by atoms with Gasteiger partial charge in [0.1, 0.15) is 5.75 Å². The number of sulfonamides is 1. The molecule has 0 N–H and O–H groups in total. The third-order valence-electron chi connectivity index (χ3n) is 3.07. The molecule has 0 spiro atoms. The molecule has 0 aromatic heterocycles. The van der Waals surface area contributed by atoms with Gasteiger partial charge in [-0.25, -0.2) is 8.42 Å². The molecule has 1 fully saturated rings. The number of benzene rings is 1. The van der Waals surface area contributed by atoms with E-state index in [-0.39, 0.29) is 0 Å². The van der Waals surface area contributed by atoms with Crippen LogP contribution < -0.4 is 4.74 Å². The third kappa shape index (κ3) is 3.30. The van der Waals surface area contributed by atoms with Crippen molar-refractivity contribution in [2.75, 3.05) is 19.7 Å². The molecule has 0 unspecified atom stereocenters. The van der Waals surface area contributed by atoms with Crippen molar-refractivity contribution in [3.8, 4) is 5.75 Å². The highest BCUT2D eigenvalue weighted by Gasteiger charge is 2.27. The van der Waals surface area contributed by atoms with Crippen LogP contribution in [0.25, 0.3) is 0 Å². The summed E-state index contributed by atoms with van der Waals surface area (Å²) >= 11 is 3.38. The Kier molecular flexibility index (Phi) is 4.86. The van der Waals surface area contributed by atoms with Crippen LogP contribution in [-0.2, 0) is 10.0 Å². The molecule has 0 radical (unpaired) electrons. The summed E-state index contributed by atoms with van der Waals surface area (Å²) in [6.07, 6.45) is 2.76. The summed E-state index contributed by atoms with van der Waals surface area (Å²) in [4.78, 5) is 0.309. The SMILES string of the molecule is CCCOc1cc(S(=O)(=O)N2CCCC2)ccc1Br. The Labute approximate surface area is 122 Å². The van der Waals surface area contributed by atoms with E-state index in [1.54, 1.807) is 22.5 Å². The average Bonchev–Trinajstić information content (AvgIpc) is 2.92. The monoisotopic (exact) mass is 347 g/mol. The van der Waals surface area contributed by atoms with Crippen LogP contribution in [0.15, 0.2) is 27.6 Å². The highest BCUT2D eigenvalue weighted by Crippen LogP contribution is 2.30. The van der Waals surface area contributed by atoms with Gasteiger partial charge in [0, 0.05) is 19.2 Å². The van der Waals surface area contributed by atoms with Crippen LogP contribution in [0, 0.1) is 0 Å². The van der Waals surface area contributed by atoms with E-state index < -0.39 is 10.0 Å². The van der Waals surface area contributed by atoms with Crippen molar-refractivity contribution in [1.29, 1.82) is 0 Å². The fourth-order valence-electron chi connectivity index (χ4n) is 2.04. The van der Waals surface area contributed by atoms with Gasteiger partial charge in [-0.15, -0.1) is 0 Å². The first kappa shape index (κ1) is 14.8. The van der Waals surface area contributed by atoms with E-state index in [2.05, 4.69) is 15.9 Å². The number of hydrogen-bond donors (Lipinski definition) is 0. The predicted molar refractivity (Wildman–Crippen MR) is 77.9 cm³/mol. The van der Waals surface area contributed by atoms with Gasteiger partial charge >= 0.3 is 0 Å². The summed E-state index contributed by atoms with van der Waals surface area (Å²) in [6, 6.07) is 4.96. The van der Waals surface area contributed by atoms with Crippen molar-refractivity contribution in [1.82, 2.24) is 4.31 Å². The molecule has 1 aliphatic heterocycles. The summed E-state index contributed by atoms with van der Waals surface area (Å²) < 4.78 is 32.7. The molecule has 2 rings (SSSR count). The summed E-state index contributed by atoms with van der Waals surface area (Å²) in [6.45, 7) is 3.82. The van der Waals surface area contributed by atoms with Crippen LogP contribution in [0.4, 0.5) is 0 Å². The van der Waals surface area contributed by atoms with Gasteiger partial charge < -0.3 is 4.74 Å². The van der Waals surface area contributed by atoms with Gasteiger partial charge in [0.05, 0.1) is 16.0 Å². The maximum atomic E-state index is 12.4. The number of rotatable bonds is 5. The second kappa shape index (κ2) is 6.24. The van der Waals surface area contributed by atoms with Crippen LogP contribution in [0.2, 0.25) is 0 Å². The van der Waals surface area contributed by atoms with E-state index in [0.717, 1.165) is 23.7 Å². The van der Waals surface area contributed by atoms with Crippen molar-refractivity contribution in [2.24, 2.45) is 0 Å². The maximum Gasteiger partial charge on any atom is 0.243 e. The second-order valence-electron chi connectivity index (χ2n) is 4.55. The summed E-state index contributed by atoms with van der Waals surface area (Å²) in [7, 11) is -3.37. The standard InChI is InChI=1S/C13H18BrNO3S/c1-2-9-18-13-10-11(5-6-12(13)14)19(16,17)15-7-3-4-8-15/h5-6,10H,2-4,7-9H2,1H3. The second-order valence-corrected chi connectivity index (χ2v) is 7.34. The molecule has 1 aliphatic rings. The molecule has 0 aliphatic carbocycles. The zero-order valence-electron chi connectivity index (χ0n) is 10.9. The lowest BCUT2D eigenvalue weighted by atomic mass is 10.3. The average molecular weight is 348 g/mol. The predicted octanol–water partition coefficient (Wildman–Crippen LogP) is 3.02. The highest BCUT2D eigenvalue weighted by molar-refractivity contribution is 9.10. The Morgan fingerprint density at radius 3 is 2.63 bits per heavy atom. The van der Waals surface area contributed by atoms with Crippen LogP contribution in [0.1, 0.15) is 26.2 Å². The number of halogens is 1. The lowest BCUT2D eigenvalue weighted by Gasteiger charge is -2.16. The molecule has 1 heterocycles. The van der Waals surface area contributed by atoms with E-state index >= 15 is 0 Å². The van der Waals surface area contributed by atoms with Crippen molar-refractivity contribution >= 4 is 26.0 Å². The zero-order valence-corrected chi connectivity index (χ0v) is 13.3. The fourth-order valence-corrected chi connectivity index (χ4v) is 3.94. The van der Waals surface area contributed by atoms with Gasteiger partial charge in [0.25, 0.3) is 0 Å². The molecule has 1 aromatic carbocycles. The normalized spacial score (nSPS) is 16.7. The van der Waals surface area contributed by atoms with E-state index in [0.29, 0.717) is 30.3 Å². The molecular formula is C13H18BrNO3S. The van der Waals surface area contributed by atoms with Crippen LogP contribution in [-0.4, -0.2) is 32.4 Å². The van der Waals surface area contributed by atoms with Gasteiger partial charge in [-0.2, -0.15) is 4.31 Å². The van der Waals surface area contributed by atoms with Crippen LogP contribution in [0.3, 0.4) is 0 Å². The van der Waals surface area contributed by atoms with E-state index in [1.807, 2.05) is 6.92 Å². The lowest BCUT2D eigenvalue weighted by molar-refractivity contribution is 0.314. The molecule has 0 saturated carbocycles. The molecule has 0 bridgehead atoms. The summed E-state index contributed by atoms with van der Waals surface area (Å²) in [5, 5.41) is 0. The first-order chi connectivity index (χ1) is 9.05. The molecule has 1 saturated heterocycles. The molecule has 106 valence electrons. The lowest BCUT2D eigenvalue weighted by Crippen LogP contribution is -2.27. The van der Waals surface area contributed by atoms with Crippen molar-refractivity contribution in [3.63, 3.8) is 0 Å². The highest BCUT2D eigenvalue weighted by atomic mass is 79.9. The molecule has 0 atom stereocenters. The quantitative estimate of drug-likeness (QED) is 0.822. The Hall–Kier alpha value is -0.590. The number of hydrogen-bond acceptors (Lipinski definition) is 3. The summed E-state index contributed by atoms with van der Waals surface area (Å²) in [5.74, 6) is 0.585. The molecule has 6 heteroatoms. The topological polar surface area (TPSA) is 46.6 Å². The van der Waals surface area contributed by atoms with E-state index in [1.165, 1.54) is 0 Å². The Bertz CT molecular complexity index is 539. The minimum Gasteiger partial charge on any atom is -0.492 e. The third-order valence-corrected chi connectivity index (χ3v) is 5.62. The van der Waals surface area contributed by atoms with Gasteiger partial charge in [0.2, 0.25) is 10.0 Å². The molecule has 4 nitrogen and oxygen atoms in total. The van der Waals surface area contributed by atoms with Crippen LogP contribution in [0.5, 0.6) is 5.75 Å². The van der Waals surface area contributed by atoms with Gasteiger partial charge in [0.15, 0.2) is 0 Å². The molecule has 19 heavy (non-hydrogen) atoms. The number of nitrogens with zero attached hydrogens (tertiary/aromatic N) is 1. The fraction of sp³-hybridized carbons (Fsp3) is 0.538. The Morgan fingerprint density at radius 1 is 1.32 bits per heavy atom. The van der Waals surface area contributed by atoms with Crippen molar-refractivity contribution in [3.05, 3.63) is 22.7 Å². The first-order valence-corrected chi connectivity index (χ1v) is 8.71. The van der Waals surface area contributed by atoms with E-state index in [9.17, 15) is 8.42 Å². The van der Waals surface area contributed by atoms with Crippen molar-refractivity contribution < 1.29 is 13.2 Å². The van der Waals surface area contributed by atoms with Gasteiger partial charge in [-0.1, -0.05) is 6.92 Å². The largest absolute Gasteiger partial charge is 0.492 e. The Balaban J connectivity index is 2.29. The maximum absolute atomic E-state index is 12.4. The van der Waals surface area contributed by atoms with Crippen molar-refractivity contribution in [2.45, 2.75) is 31.1 Å². The minimum absolute atomic E-state index is 0.309. The van der Waals surface area contributed by atoms with Gasteiger partial charge in [-0.05, 0) is 47.3 Å². The molecule has 1 aromatic rings. The first-order valence-electron chi connectivity index (χ1n) is 6.48. The Morgan fingerprint density at radius 2 is 2.00 bits per heavy atom.